The van der Waals surface area contributed by atoms with Gasteiger partial charge in [-0.25, -0.2) is 0 Å². The lowest BCUT2D eigenvalue weighted by atomic mass is 10.1. The van der Waals surface area contributed by atoms with Crippen LogP contribution in [0.2, 0.25) is 5.02 Å². The molecule has 2 aromatic rings. The summed E-state index contributed by atoms with van der Waals surface area (Å²) in [6.45, 7) is 0. The average molecular weight is 273 g/mol. The van der Waals surface area contributed by atoms with Gasteiger partial charge in [-0.3, -0.25) is 4.79 Å². The number of ether oxygens (including phenoxy) is 1. The Morgan fingerprint density at radius 2 is 1.68 bits per heavy atom. The first-order chi connectivity index (χ1) is 9.19. The second kappa shape index (κ2) is 6.21. The maximum Gasteiger partial charge on any atom is 0.185 e. The minimum atomic E-state index is -0.0439. The second-order valence-electron chi connectivity index (χ2n) is 3.98. The Morgan fingerprint density at radius 3 is 2.26 bits per heavy atom. The Balaban J connectivity index is 2.09. The monoisotopic (exact) mass is 272 g/mol. The summed E-state index contributed by atoms with van der Waals surface area (Å²) in [4.78, 5) is 11.9. The van der Waals surface area contributed by atoms with Gasteiger partial charge < -0.3 is 4.74 Å². The fourth-order valence-corrected chi connectivity index (χ4v) is 1.72. The van der Waals surface area contributed by atoms with Gasteiger partial charge in [0.25, 0.3) is 0 Å². The van der Waals surface area contributed by atoms with Crippen molar-refractivity contribution >= 4 is 23.5 Å². The van der Waals surface area contributed by atoms with E-state index >= 15 is 0 Å². The first kappa shape index (κ1) is 13.4. The van der Waals surface area contributed by atoms with Gasteiger partial charge in [-0.15, -0.1) is 0 Å². The molecule has 0 radical (unpaired) electrons. The standard InChI is InChI=1S/C16H13ClO2/c1-19-15-9-5-13(6-10-15)16(18)11-4-12-2-7-14(17)8-3-12/h2-11H,1H3/b11-4+. The zero-order chi connectivity index (χ0) is 13.7. The summed E-state index contributed by atoms with van der Waals surface area (Å²) in [6.07, 6.45) is 3.31. The normalized spacial score (nSPS) is 10.6. The maximum atomic E-state index is 11.9. The Hall–Kier alpha value is -2.06. The predicted octanol–water partition coefficient (Wildman–Crippen LogP) is 4.24. The van der Waals surface area contributed by atoms with Crippen LogP contribution in [0.3, 0.4) is 0 Å². The average Bonchev–Trinajstić information content (AvgIpc) is 2.46. The van der Waals surface area contributed by atoms with Gasteiger partial charge in [-0.2, -0.15) is 0 Å². The molecule has 0 aliphatic carbocycles. The quantitative estimate of drug-likeness (QED) is 0.614. The van der Waals surface area contributed by atoms with Gasteiger partial charge in [0.15, 0.2) is 5.78 Å². The number of hydrogen-bond donors (Lipinski definition) is 0. The molecule has 0 atom stereocenters. The number of carbonyl (C=O) groups is 1. The van der Waals surface area contributed by atoms with E-state index in [1.807, 2.05) is 12.1 Å². The van der Waals surface area contributed by atoms with E-state index in [9.17, 15) is 4.79 Å². The molecular weight excluding hydrogens is 260 g/mol. The van der Waals surface area contributed by atoms with Crippen molar-refractivity contribution in [2.75, 3.05) is 7.11 Å². The van der Waals surface area contributed by atoms with Gasteiger partial charge >= 0.3 is 0 Å². The summed E-state index contributed by atoms with van der Waals surface area (Å²) >= 11 is 5.80. The van der Waals surface area contributed by atoms with Crippen LogP contribution in [-0.2, 0) is 0 Å². The first-order valence-electron chi connectivity index (χ1n) is 5.81. The number of benzene rings is 2. The fourth-order valence-electron chi connectivity index (χ4n) is 1.60. The van der Waals surface area contributed by atoms with Crippen LogP contribution in [0, 0.1) is 0 Å². The van der Waals surface area contributed by atoms with Gasteiger partial charge in [-0.1, -0.05) is 29.8 Å². The van der Waals surface area contributed by atoms with E-state index in [-0.39, 0.29) is 5.78 Å². The van der Waals surface area contributed by atoms with E-state index in [0.29, 0.717) is 10.6 Å². The Kier molecular flexibility index (Phi) is 4.37. The zero-order valence-corrected chi connectivity index (χ0v) is 11.2. The van der Waals surface area contributed by atoms with Crippen molar-refractivity contribution in [3.05, 3.63) is 70.8 Å². The molecule has 0 spiro atoms. The third kappa shape index (κ3) is 3.70. The molecule has 96 valence electrons. The number of carbonyl (C=O) groups excluding carboxylic acids is 1. The summed E-state index contributed by atoms with van der Waals surface area (Å²) in [5.74, 6) is 0.691. The van der Waals surface area contributed by atoms with Crippen LogP contribution in [0.25, 0.3) is 6.08 Å². The molecule has 0 aliphatic rings. The predicted molar refractivity (Wildman–Crippen MR) is 77.8 cm³/mol. The van der Waals surface area contributed by atoms with Gasteiger partial charge in [0.05, 0.1) is 7.11 Å². The lowest BCUT2D eigenvalue weighted by molar-refractivity contribution is 0.104. The van der Waals surface area contributed by atoms with Crippen LogP contribution in [0.4, 0.5) is 0 Å². The van der Waals surface area contributed by atoms with E-state index in [4.69, 9.17) is 16.3 Å². The highest BCUT2D eigenvalue weighted by Crippen LogP contribution is 2.14. The minimum absolute atomic E-state index is 0.0439. The van der Waals surface area contributed by atoms with E-state index in [1.165, 1.54) is 0 Å². The van der Waals surface area contributed by atoms with Crippen LogP contribution < -0.4 is 4.74 Å². The van der Waals surface area contributed by atoms with Gasteiger partial charge in [0.2, 0.25) is 0 Å². The Bertz CT molecular complexity index is 583. The van der Waals surface area contributed by atoms with Crippen molar-refractivity contribution in [3.63, 3.8) is 0 Å². The number of rotatable bonds is 4. The molecule has 3 heteroatoms. The van der Waals surface area contributed by atoms with Crippen LogP contribution in [0.5, 0.6) is 5.75 Å². The smallest absolute Gasteiger partial charge is 0.185 e. The molecule has 0 aliphatic heterocycles. The molecule has 2 aromatic carbocycles. The first-order valence-corrected chi connectivity index (χ1v) is 6.19. The highest BCUT2D eigenvalue weighted by molar-refractivity contribution is 6.30. The van der Waals surface area contributed by atoms with Crippen LogP contribution >= 0.6 is 11.6 Å². The van der Waals surface area contributed by atoms with E-state index < -0.39 is 0 Å². The summed E-state index contributed by atoms with van der Waals surface area (Å²) in [5.41, 5.74) is 1.57. The number of halogens is 1. The van der Waals surface area contributed by atoms with E-state index in [1.54, 1.807) is 55.7 Å². The summed E-state index contributed by atoms with van der Waals surface area (Å²) in [5, 5.41) is 0.679. The minimum Gasteiger partial charge on any atom is -0.497 e. The molecule has 0 amide bonds. The van der Waals surface area contributed by atoms with Crippen molar-refractivity contribution in [2.45, 2.75) is 0 Å². The highest BCUT2D eigenvalue weighted by Gasteiger charge is 2.01. The molecule has 2 rings (SSSR count). The second-order valence-corrected chi connectivity index (χ2v) is 4.41. The molecule has 0 unspecified atom stereocenters. The molecule has 0 aromatic heterocycles. The largest absolute Gasteiger partial charge is 0.497 e. The molecule has 0 fully saturated rings. The van der Waals surface area contributed by atoms with Crippen molar-refractivity contribution in [1.29, 1.82) is 0 Å². The lowest BCUT2D eigenvalue weighted by Gasteiger charge is -2.00. The lowest BCUT2D eigenvalue weighted by Crippen LogP contribution is -1.94. The molecule has 0 heterocycles. The fraction of sp³-hybridized carbons (Fsp3) is 0.0625. The molecule has 0 bridgehead atoms. The number of hydrogen-bond acceptors (Lipinski definition) is 2. The van der Waals surface area contributed by atoms with E-state index in [2.05, 4.69) is 0 Å². The number of methoxy groups -OCH3 is 1. The summed E-state index contributed by atoms with van der Waals surface area (Å²) in [6, 6.07) is 14.3. The maximum absolute atomic E-state index is 11.9. The summed E-state index contributed by atoms with van der Waals surface area (Å²) < 4.78 is 5.05. The number of allylic oxidation sites excluding steroid dienone is 1. The topological polar surface area (TPSA) is 26.3 Å². The Morgan fingerprint density at radius 1 is 1.05 bits per heavy atom. The highest BCUT2D eigenvalue weighted by atomic mass is 35.5. The molecule has 2 nitrogen and oxygen atoms in total. The van der Waals surface area contributed by atoms with Crippen molar-refractivity contribution in [1.82, 2.24) is 0 Å². The molecular formula is C16H13ClO2. The van der Waals surface area contributed by atoms with Crippen molar-refractivity contribution < 1.29 is 9.53 Å². The Labute approximate surface area is 117 Å². The van der Waals surface area contributed by atoms with Crippen LogP contribution in [0.1, 0.15) is 15.9 Å². The van der Waals surface area contributed by atoms with Gasteiger partial charge in [-0.05, 0) is 48.0 Å². The van der Waals surface area contributed by atoms with Crippen molar-refractivity contribution in [3.8, 4) is 5.75 Å². The van der Waals surface area contributed by atoms with Crippen LogP contribution in [0.15, 0.2) is 54.6 Å². The van der Waals surface area contributed by atoms with Crippen LogP contribution in [-0.4, -0.2) is 12.9 Å². The molecule has 0 saturated carbocycles. The summed E-state index contributed by atoms with van der Waals surface area (Å²) in [7, 11) is 1.59. The van der Waals surface area contributed by atoms with Gasteiger partial charge in [0, 0.05) is 10.6 Å². The SMILES string of the molecule is COc1ccc(C(=O)/C=C/c2ccc(Cl)cc2)cc1. The molecule has 19 heavy (non-hydrogen) atoms. The molecule has 0 saturated heterocycles. The van der Waals surface area contributed by atoms with Crippen molar-refractivity contribution in [2.24, 2.45) is 0 Å². The third-order valence-electron chi connectivity index (χ3n) is 2.67. The number of ketones is 1. The zero-order valence-electron chi connectivity index (χ0n) is 10.5. The molecule has 0 N–H and O–H groups in total. The third-order valence-corrected chi connectivity index (χ3v) is 2.92. The van der Waals surface area contributed by atoms with E-state index in [0.717, 1.165) is 11.3 Å². The van der Waals surface area contributed by atoms with Gasteiger partial charge in [0.1, 0.15) is 5.75 Å².